The van der Waals surface area contributed by atoms with Gasteiger partial charge < -0.3 is 5.11 Å². The highest BCUT2D eigenvalue weighted by molar-refractivity contribution is 5.25. The molecule has 0 fully saturated rings. The molecule has 1 N–H and O–H groups in total. The molecule has 0 aromatic carbocycles. The summed E-state index contributed by atoms with van der Waals surface area (Å²) in [4.78, 5) is 4.44. The van der Waals surface area contributed by atoms with Crippen LogP contribution in [0.4, 0.5) is 8.78 Å². The van der Waals surface area contributed by atoms with Crippen LogP contribution >= 0.6 is 0 Å². The van der Waals surface area contributed by atoms with Crippen molar-refractivity contribution in [1.29, 1.82) is 0 Å². The van der Waals surface area contributed by atoms with Gasteiger partial charge in [0, 0.05) is 17.8 Å². The quantitative estimate of drug-likeness (QED) is 0.878. The lowest BCUT2D eigenvalue weighted by Gasteiger charge is -2.16. The summed E-state index contributed by atoms with van der Waals surface area (Å²) in [6.45, 7) is -1.09. The molecular formula is C13H17F2NO. The summed E-state index contributed by atoms with van der Waals surface area (Å²) in [5.74, 6) is -2.99. The molecule has 1 aromatic rings. The van der Waals surface area contributed by atoms with Gasteiger partial charge in [-0.05, 0) is 43.7 Å². The van der Waals surface area contributed by atoms with Gasteiger partial charge in [0.2, 0.25) is 0 Å². The van der Waals surface area contributed by atoms with Crippen molar-refractivity contribution in [3.63, 3.8) is 0 Å². The monoisotopic (exact) mass is 241 g/mol. The van der Waals surface area contributed by atoms with Crippen LogP contribution in [0.25, 0.3) is 0 Å². The number of alkyl halides is 2. The number of pyridine rings is 1. The van der Waals surface area contributed by atoms with Gasteiger partial charge in [0.1, 0.15) is 6.61 Å². The molecule has 1 heterocycles. The molecule has 0 aliphatic heterocycles. The molecule has 2 rings (SSSR count). The lowest BCUT2D eigenvalue weighted by Crippen LogP contribution is -2.22. The third-order valence-corrected chi connectivity index (χ3v) is 3.21. The predicted molar refractivity (Wildman–Crippen MR) is 61.2 cm³/mol. The van der Waals surface area contributed by atoms with E-state index in [1.165, 1.54) is 12.0 Å². The fraction of sp³-hybridized carbons (Fsp3) is 0.615. The topological polar surface area (TPSA) is 33.1 Å². The summed E-state index contributed by atoms with van der Waals surface area (Å²) in [5.41, 5.74) is 3.04. The summed E-state index contributed by atoms with van der Waals surface area (Å²) in [6, 6.07) is 3.84. The Morgan fingerprint density at radius 2 is 2.00 bits per heavy atom. The molecule has 1 aliphatic rings. The van der Waals surface area contributed by atoms with Crippen molar-refractivity contribution in [1.82, 2.24) is 4.98 Å². The Bertz CT molecular complexity index is 393. The van der Waals surface area contributed by atoms with Crippen molar-refractivity contribution in [2.75, 3.05) is 6.61 Å². The SMILES string of the molecule is OCC(F)(F)CCc1ccc2c(n1)CCCC2. The van der Waals surface area contributed by atoms with E-state index in [4.69, 9.17) is 5.11 Å². The molecule has 0 saturated carbocycles. The number of aliphatic hydroxyl groups excluding tert-OH is 1. The smallest absolute Gasteiger partial charge is 0.271 e. The number of aliphatic hydroxyl groups is 1. The minimum Gasteiger partial charge on any atom is -0.390 e. The minimum atomic E-state index is -2.99. The maximum absolute atomic E-state index is 12.9. The molecule has 0 saturated heterocycles. The number of hydrogen-bond donors (Lipinski definition) is 1. The number of fused-ring (bicyclic) bond motifs is 1. The molecule has 0 radical (unpaired) electrons. The fourth-order valence-corrected chi connectivity index (χ4v) is 2.16. The van der Waals surface area contributed by atoms with E-state index in [0.29, 0.717) is 5.69 Å². The molecule has 2 nitrogen and oxygen atoms in total. The molecule has 1 aromatic heterocycles. The molecule has 1 aliphatic carbocycles. The van der Waals surface area contributed by atoms with Crippen LogP contribution in [0.3, 0.4) is 0 Å². The number of aromatic nitrogens is 1. The van der Waals surface area contributed by atoms with Crippen LogP contribution in [-0.2, 0) is 19.3 Å². The van der Waals surface area contributed by atoms with Crippen LogP contribution in [0.15, 0.2) is 12.1 Å². The van der Waals surface area contributed by atoms with Gasteiger partial charge in [-0.2, -0.15) is 0 Å². The first-order valence-corrected chi connectivity index (χ1v) is 6.07. The average molecular weight is 241 g/mol. The van der Waals surface area contributed by atoms with Crippen molar-refractivity contribution in [2.24, 2.45) is 0 Å². The lowest BCUT2D eigenvalue weighted by atomic mass is 9.95. The summed E-state index contributed by atoms with van der Waals surface area (Å²) in [7, 11) is 0. The summed E-state index contributed by atoms with van der Waals surface area (Å²) in [6.07, 6.45) is 4.22. The van der Waals surface area contributed by atoms with Gasteiger partial charge in [-0.25, -0.2) is 8.78 Å². The van der Waals surface area contributed by atoms with Gasteiger partial charge in [0.05, 0.1) is 0 Å². The van der Waals surface area contributed by atoms with E-state index in [0.717, 1.165) is 25.0 Å². The van der Waals surface area contributed by atoms with Crippen molar-refractivity contribution in [2.45, 2.75) is 44.4 Å². The van der Waals surface area contributed by atoms with E-state index >= 15 is 0 Å². The Hall–Kier alpha value is -1.03. The van der Waals surface area contributed by atoms with Gasteiger partial charge in [-0.1, -0.05) is 6.07 Å². The highest BCUT2D eigenvalue weighted by atomic mass is 19.3. The van der Waals surface area contributed by atoms with Gasteiger partial charge in [0.25, 0.3) is 5.92 Å². The van der Waals surface area contributed by atoms with Crippen LogP contribution in [0, 0.1) is 0 Å². The van der Waals surface area contributed by atoms with Crippen molar-refractivity contribution >= 4 is 0 Å². The van der Waals surface area contributed by atoms with E-state index < -0.39 is 12.5 Å². The van der Waals surface area contributed by atoms with E-state index in [1.54, 1.807) is 0 Å². The zero-order valence-electron chi connectivity index (χ0n) is 9.75. The van der Waals surface area contributed by atoms with Crippen LogP contribution in [-0.4, -0.2) is 22.6 Å². The molecule has 0 amide bonds. The van der Waals surface area contributed by atoms with Gasteiger partial charge in [-0.15, -0.1) is 0 Å². The molecule has 4 heteroatoms. The van der Waals surface area contributed by atoms with Crippen LogP contribution in [0.1, 0.15) is 36.2 Å². The van der Waals surface area contributed by atoms with Gasteiger partial charge >= 0.3 is 0 Å². The molecule has 0 bridgehead atoms. The van der Waals surface area contributed by atoms with E-state index in [1.807, 2.05) is 12.1 Å². The Kier molecular flexibility index (Phi) is 3.72. The normalized spacial score (nSPS) is 15.7. The van der Waals surface area contributed by atoms with Crippen molar-refractivity contribution in [3.05, 3.63) is 29.1 Å². The second-order valence-corrected chi connectivity index (χ2v) is 4.63. The van der Waals surface area contributed by atoms with Crippen molar-refractivity contribution in [3.8, 4) is 0 Å². The maximum atomic E-state index is 12.9. The molecule has 0 spiro atoms. The lowest BCUT2D eigenvalue weighted by molar-refractivity contribution is -0.0559. The van der Waals surface area contributed by atoms with Crippen LogP contribution < -0.4 is 0 Å². The summed E-state index contributed by atoms with van der Waals surface area (Å²) >= 11 is 0. The van der Waals surface area contributed by atoms with E-state index in [9.17, 15) is 8.78 Å². The Morgan fingerprint density at radius 3 is 2.76 bits per heavy atom. The first-order valence-electron chi connectivity index (χ1n) is 6.07. The van der Waals surface area contributed by atoms with Gasteiger partial charge in [0.15, 0.2) is 0 Å². The zero-order valence-corrected chi connectivity index (χ0v) is 9.75. The third kappa shape index (κ3) is 3.22. The van der Waals surface area contributed by atoms with E-state index in [-0.39, 0.29) is 12.8 Å². The fourth-order valence-electron chi connectivity index (χ4n) is 2.16. The van der Waals surface area contributed by atoms with Crippen molar-refractivity contribution < 1.29 is 13.9 Å². The molecule has 0 atom stereocenters. The second-order valence-electron chi connectivity index (χ2n) is 4.63. The zero-order chi connectivity index (χ0) is 12.3. The first-order chi connectivity index (χ1) is 8.11. The van der Waals surface area contributed by atoms with E-state index in [2.05, 4.69) is 4.98 Å². The number of hydrogen-bond acceptors (Lipinski definition) is 2. The largest absolute Gasteiger partial charge is 0.390 e. The highest BCUT2D eigenvalue weighted by Crippen LogP contribution is 2.22. The standard InChI is InChI=1S/C13H17F2NO/c14-13(15,9-17)8-7-11-6-5-10-3-1-2-4-12(10)16-11/h5-6,17H,1-4,7-9H2. The Labute approximate surface area is 99.7 Å². The molecule has 94 valence electrons. The van der Waals surface area contributed by atoms with Crippen LogP contribution in [0.5, 0.6) is 0 Å². The molecule has 0 unspecified atom stereocenters. The van der Waals surface area contributed by atoms with Crippen LogP contribution in [0.2, 0.25) is 0 Å². The summed E-state index contributed by atoms with van der Waals surface area (Å²) in [5, 5.41) is 8.49. The molecule has 17 heavy (non-hydrogen) atoms. The number of halogens is 2. The maximum Gasteiger partial charge on any atom is 0.271 e. The second kappa shape index (κ2) is 5.08. The Balaban J connectivity index is 2.02. The molecular weight excluding hydrogens is 224 g/mol. The number of aryl methyl sites for hydroxylation is 3. The first kappa shape index (κ1) is 12.4. The summed E-state index contributed by atoms with van der Waals surface area (Å²) < 4.78 is 25.8. The number of nitrogens with zero attached hydrogens (tertiary/aromatic N) is 1. The Morgan fingerprint density at radius 1 is 1.24 bits per heavy atom. The minimum absolute atomic E-state index is 0.223. The average Bonchev–Trinajstić information content (AvgIpc) is 2.36. The highest BCUT2D eigenvalue weighted by Gasteiger charge is 2.27. The number of rotatable bonds is 4. The van der Waals surface area contributed by atoms with Gasteiger partial charge in [-0.3, -0.25) is 4.98 Å². The predicted octanol–water partition coefficient (Wildman–Crippen LogP) is 2.52. The third-order valence-electron chi connectivity index (χ3n) is 3.21.